The van der Waals surface area contributed by atoms with Crippen LogP contribution in [0.4, 0.5) is 10.1 Å². The number of carbonyl (C=O) groups excluding carboxylic acids is 2. The van der Waals surface area contributed by atoms with Crippen LogP contribution >= 0.6 is 0 Å². The molecule has 2 heterocycles. The van der Waals surface area contributed by atoms with E-state index in [0.29, 0.717) is 18.7 Å². The first-order chi connectivity index (χ1) is 11.9. The number of aromatic nitrogens is 2. The lowest BCUT2D eigenvalue weighted by atomic mass is 10.1. The Morgan fingerprint density at radius 2 is 2.16 bits per heavy atom. The molecule has 7 heteroatoms. The molecule has 0 radical (unpaired) electrons. The summed E-state index contributed by atoms with van der Waals surface area (Å²) in [6.07, 6.45) is 3.08. The molecule has 6 nitrogen and oxygen atoms in total. The summed E-state index contributed by atoms with van der Waals surface area (Å²) in [7, 11) is 1.81. The number of hydrogen-bond acceptors (Lipinski definition) is 3. The molecule has 25 heavy (non-hydrogen) atoms. The maximum atomic E-state index is 14.2. The van der Waals surface area contributed by atoms with E-state index in [2.05, 4.69) is 10.4 Å². The molecule has 2 aromatic rings. The van der Waals surface area contributed by atoms with Gasteiger partial charge in [0.05, 0.1) is 17.3 Å². The van der Waals surface area contributed by atoms with Crippen LogP contribution in [0, 0.1) is 12.7 Å². The van der Waals surface area contributed by atoms with Crippen molar-refractivity contribution in [2.45, 2.75) is 32.7 Å². The van der Waals surface area contributed by atoms with Gasteiger partial charge in [0.25, 0.3) is 5.91 Å². The number of nitrogens with one attached hydrogen (secondary N) is 1. The van der Waals surface area contributed by atoms with Crippen molar-refractivity contribution < 1.29 is 14.0 Å². The molecule has 0 spiro atoms. The van der Waals surface area contributed by atoms with Crippen LogP contribution in [0.5, 0.6) is 0 Å². The topological polar surface area (TPSA) is 67.2 Å². The van der Waals surface area contributed by atoms with Crippen molar-refractivity contribution in [3.05, 3.63) is 47.0 Å². The smallest absolute Gasteiger partial charge is 0.254 e. The van der Waals surface area contributed by atoms with Crippen LogP contribution in [0.25, 0.3) is 0 Å². The van der Waals surface area contributed by atoms with Crippen molar-refractivity contribution in [3.8, 4) is 0 Å². The van der Waals surface area contributed by atoms with Crippen LogP contribution in [0.15, 0.2) is 24.4 Å². The Labute approximate surface area is 145 Å². The summed E-state index contributed by atoms with van der Waals surface area (Å²) < 4.78 is 15.8. The van der Waals surface area contributed by atoms with Gasteiger partial charge < -0.3 is 10.2 Å². The van der Waals surface area contributed by atoms with Crippen LogP contribution < -0.4 is 10.2 Å². The quantitative estimate of drug-likeness (QED) is 0.927. The van der Waals surface area contributed by atoms with Gasteiger partial charge in [-0.2, -0.15) is 5.10 Å². The van der Waals surface area contributed by atoms with E-state index in [-0.39, 0.29) is 17.5 Å². The van der Waals surface area contributed by atoms with Gasteiger partial charge in [0, 0.05) is 37.5 Å². The van der Waals surface area contributed by atoms with E-state index in [1.54, 1.807) is 16.6 Å². The number of aryl methyl sites for hydroxylation is 2. The van der Waals surface area contributed by atoms with Crippen molar-refractivity contribution in [3.63, 3.8) is 0 Å². The maximum Gasteiger partial charge on any atom is 0.254 e. The molecule has 1 N–H and O–H groups in total. The second-order valence-electron chi connectivity index (χ2n) is 6.35. The lowest BCUT2D eigenvalue weighted by Gasteiger charge is -2.18. The molecule has 0 unspecified atom stereocenters. The molecule has 1 fully saturated rings. The Balaban J connectivity index is 1.81. The van der Waals surface area contributed by atoms with Crippen LogP contribution in [0.1, 0.15) is 47.4 Å². The second-order valence-corrected chi connectivity index (χ2v) is 6.35. The van der Waals surface area contributed by atoms with Gasteiger partial charge in [0.15, 0.2) is 0 Å². The average molecular weight is 344 g/mol. The minimum absolute atomic E-state index is 0.00248. The minimum Gasteiger partial charge on any atom is -0.345 e. The minimum atomic E-state index is -0.608. The largest absolute Gasteiger partial charge is 0.345 e. The number of halogens is 1. The number of rotatable bonds is 4. The van der Waals surface area contributed by atoms with E-state index in [1.165, 1.54) is 18.2 Å². The van der Waals surface area contributed by atoms with E-state index in [4.69, 9.17) is 0 Å². The fourth-order valence-electron chi connectivity index (χ4n) is 3.17. The van der Waals surface area contributed by atoms with Gasteiger partial charge in [0.2, 0.25) is 5.91 Å². The fraction of sp³-hybridized carbons (Fsp3) is 0.389. The number of anilines is 1. The van der Waals surface area contributed by atoms with Gasteiger partial charge >= 0.3 is 0 Å². The van der Waals surface area contributed by atoms with Crippen molar-refractivity contribution in [1.29, 1.82) is 0 Å². The predicted octanol–water partition coefficient (Wildman–Crippen LogP) is 2.49. The zero-order chi connectivity index (χ0) is 18.1. The van der Waals surface area contributed by atoms with Gasteiger partial charge in [-0.1, -0.05) is 0 Å². The average Bonchev–Trinajstić information content (AvgIpc) is 3.12. The lowest BCUT2D eigenvalue weighted by molar-refractivity contribution is -0.117. The normalized spacial score (nSPS) is 15.5. The Hall–Kier alpha value is -2.70. The Bertz CT molecular complexity index is 830. The zero-order valence-electron chi connectivity index (χ0n) is 14.5. The number of nitrogens with zero attached hydrogens (tertiary/aromatic N) is 3. The molecule has 1 aliphatic heterocycles. The second kappa shape index (κ2) is 6.66. The third-order valence-electron chi connectivity index (χ3n) is 4.45. The Morgan fingerprint density at radius 1 is 1.40 bits per heavy atom. The highest BCUT2D eigenvalue weighted by Gasteiger charge is 2.24. The van der Waals surface area contributed by atoms with Gasteiger partial charge in [-0.3, -0.25) is 14.3 Å². The molecule has 1 aromatic heterocycles. The highest BCUT2D eigenvalue weighted by atomic mass is 19.1. The van der Waals surface area contributed by atoms with Crippen LogP contribution in [0.3, 0.4) is 0 Å². The molecule has 2 amide bonds. The maximum absolute atomic E-state index is 14.2. The monoisotopic (exact) mass is 344 g/mol. The SMILES string of the molecule is Cc1nn(C)cc1[C@H](C)NC(=O)c1cc(N2CCCC2=O)ccc1F. The van der Waals surface area contributed by atoms with Gasteiger partial charge in [-0.15, -0.1) is 0 Å². The highest BCUT2D eigenvalue weighted by Crippen LogP contribution is 2.24. The highest BCUT2D eigenvalue weighted by molar-refractivity contribution is 5.99. The number of amides is 2. The van der Waals surface area contributed by atoms with Gasteiger partial charge in [-0.25, -0.2) is 4.39 Å². The molecule has 1 aliphatic rings. The van der Waals surface area contributed by atoms with E-state index in [0.717, 1.165) is 17.7 Å². The molecular formula is C18H21FN4O2. The number of carbonyl (C=O) groups is 2. The number of hydrogen-bond donors (Lipinski definition) is 1. The summed E-state index contributed by atoms with van der Waals surface area (Å²) >= 11 is 0. The molecule has 1 saturated heterocycles. The van der Waals surface area contributed by atoms with Crippen LogP contribution in [-0.2, 0) is 11.8 Å². The molecule has 0 saturated carbocycles. The molecular weight excluding hydrogens is 323 g/mol. The summed E-state index contributed by atoms with van der Waals surface area (Å²) in [4.78, 5) is 26.0. The third-order valence-corrected chi connectivity index (χ3v) is 4.45. The Morgan fingerprint density at radius 3 is 2.76 bits per heavy atom. The van der Waals surface area contributed by atoms with E-state index in [1.807, 2.05) is 20.0 Å². The van der Waals surface area contributed by atoms with Crippen molar-refractivity contribution in [1.82, 2.24) is 15.1 Å². The van der Waals surface area contributed by atoms with Crippen LogP contribution in [-0.4, -0.2) is 28.1 Å². The molecule has 0 bridgehead atoms. The van der Waals surface area contributed by atoms with Gasteiger partial charge in [0.1, 0.15) is 5.82 Å². The third kappa shape index (κ3) is 3.40. The first-order valence-electron chi connectivity index (χ1n) is 8.27. The van der Waals surface area contributed by atoms with Crippen LogP contribution in [0.2, 0.25) is 0 Å². The van der Waals surface area contributed by atoms with Gasteiger partial charge in [-0.05, 0) is 38.5 Å². The molecule has 1 atom stereocenters. The number of benzene rings is 1. The standard InChI is InChI=1S/C18H21FN4O2/c1-11(15-10-22(3)21-12(15)2)20-18(25)14-9-13(6-7-16(14)19)23-8-4-5-17(23)24/h6-7,9-11H,4-5,8H2,1-3H3,(H,20,25)/t11-/m0/s1. The Kier molecular flexibility index (Phi) is 4.57. The van der Waals surface area contributed by atoms with E-state index >= 15 is 0 Å². The van der Waals surface area contributed by atoms with Crippen molar-refractivity contribution in [2.24, 2.45) is 7.05 Å². The van der Waals surface area contributed by atoms with Crippen molar-refractivity contribution >= 4 is 17.5 Å². The zero-order valence-corrected chi connectivity index (χ0v) is 14.5. The van der Waals surface area contributed by atoms with E-state index in [9.17, 15) is 14.0 Å². The molecule has 1 aromatic carbocycles. The molecule has 132 valence electrons. The summed E-state index contributed by atoms with van der Waals surface area (Å²) in [6, 6.07) is 3.90. The van der Waals surface area contributed by atoms with E-state index < -0.39 is 11.7 Å². The fourth-order valence-corrected chi connectivity index (χ4v) is 3.17. The summed E-state index contributed by atoms with van der Waals surface area (Å²) in [5.41, 5.74) is 2.18. The van der Waals surface area contributed by atoms with Crippen molar-refractivity contribution in [2.75, 3.05) is 11.4 Å². The summed E-state index contributed by atoms with van der Waals surface area (Å²) in [5, 5.41) is 7.05. The first-order valence-corrected chi connectivity index (χ1v) is 8.27. The predicted molar refractivity (Wildman–Crippen MR) is 91.8 cm³/mol. The first kappa shape index (κ1) is 17.1. The summed E-state index contributed by atoms with van der Waals surface area (Å²) in [6.45, 7) is 4.28. The lowest BCUT2D eigenvalue weighted by Crippen LogP contribution is -2.29. The molecule has 3 rings (SSSR count). The molecule has 0 aliphatic carbocycles. The summed E-state index contributed by atoms with van der Waals surface area (Å²) in [5.74, 6) is -1.12.